The van der Waals surface area contributed by atoms with Crippen LogP contribution in [-0.4, -0.2) is 26.4 Å². The molecular formula is C12H17N3O8P2S. The van der Waals surface area contributed by atoms with Crippen LogP contribution in [0, 0.1) is 13.8 Å². The third-order valence-electron chi connectivity index (χ3n) is 3.28. The highest BCUT2D eigenvalue weighted by Gasteiger charge is 2.24. The first kappa shape index (κ1) is 21.1. The predicted molar refractivity (Wildman–Crippen MR) is 88.3 cm³/mol. The van der Waals surface area contributed by atoms with Gasteiger partial charge in [0, 0.05) is 19.5 Å². The summed E-state index contributed by atoms with van der Waals surface area (Å²) in [4.78, 5) is 47.6. The van der Waals surface area contributed by atoms with Crippen molar-refractivity contribution in [1.29, 1.82) is 0 Å². The highest BCUT2D eigenvalue weighted by molar-refractivity contribution is 7.60. The van der Waals surface area contributed by atoms with Gasteiger partial charge in [-0.3, -0.25) is 9.36 Å². The smallest absolute Gasteiger partial charge is 0.476 e. The van der Waals surface area contributed by atoms with E-state index >= 15 is 0 Å². The Kier molecular flexibility index (Phi) is 6.65. The van der Waals surface area contributed by atoms with E-state index in [1.165, 1.54) is 17.5 Å². The van der Waals surface area contributed by atoms with Crippen LogP contribution in [0.25, 0.3) is 0 Å². The Morgan fingerprint density at radius 1 is 1.38 bits per heavy atom. The maximum atomic E-state index is 11.9. The highest BCUT2D eigenvalue weighted by atomic mass is 32.1. The zero-order valence-electron chi connectivity index (χ0n) is 13.8. The Morgan fingerprint density at radius 2 is 2.08 bits per heavy atom. The van der Waals surface area contributed by atoms with E-state index in [9.17, 15) is 18.8 Å². The van der Waals surface area contributed by atoms with Crippen molar-refractivity contribution in [2.45, 2.75) is 26.8 Å². The lowest BCUT2D eigenvalue weighted by Crippen LogP contribution is -2.37. The van der Waals surface area contributed by atoms with Crippen molar-refractivity contribution >= 4 is 27.0 Å². The van der Waals surface area contributed by atoms with E-state index in [4.69, 9.17) is 9.79 Å². The van der Waals surface area contributed by atoms with Gasteiger partial charge in [-0.25, -0.2) is 13.9 Å². The number of phosphoric ester groups is 1. The van der Waals surface area contributed by atoms with Crippen LogP contribution in [0.5, 0.6) is 0 Å². The molecule has 1 unspecified atom stereocenters. The third-order valence-corrected chi connectivity index (χ3v) is 6.58. The van der Waals surface area contributed by atoms with Crippen molar-refractivity contribution in [2.75, 3.05) is 6.61 Å². The Hall–Kier alpha value is -1.23. The summed E-state index contributed by atoms with van der Waals surface area (Å²) in [7, 11) is -10.3. The van der Waals surface area contributed by atoms with Crippen molar-refractivity contribution in [1.82, 2.24) is 9.97 Å². The molecule has 0 spiro atoms. The molecule has 2 aromatic heterocycles. The molecule has 3 N–H and O–H groups in total. The Labute approximate surface area is 152 Å². The zero-order valence-corrected chi connectivity index (χ0v) is 16.4. The predicted octanol–water partition coefficient (Wildman–Crippen LogP) is -0.0792. The molecule has 11 nitrogen and oxygen atoms in total. The van der Waals surface area contributed by atoms with Gasteiger partial charge in [0.25, 0.3) is 13.4 Å². The molecule has 0 amide bonds. The van der Waals surface area contributed by atoms with Gasteiger partial charge in [0.2, 0.25) is 5.51 Å². The van der Waals surface area contributed by atoms with Gasteiger partial charge in [0.15, 0.2) is 12.2 Å². The normalized spacial score (nSPS) is 14.3. The molecule has 0 aromatic carbocycles. The Morgan fingerprint density at radius 3 is 2.69 bits per heavy atom. The average molecular weight is 425 g/mol. The minimum absolute atomic E-state index is 0.183. The summed E-state index contributed by atoms with van der Waals surface area (Å²) < 4.78 is 31.7. The molecule has 2 rings (SSSR count). The van der Waals surface area contributed by atoms with Gasteiger partial charge in [-0.2, -0.15) is 4.57 Å². The number of nitrogens with one attached hydrogen (secondary N) is 1. The maximum Gasteiger partial charge on any atom is 0.476 e. The maximum absolute atomic E-state index is 11.9. The number of rotatable bonds is 8. The van der Waals surface area contributed by atoms with E-state index in [-0.39, 0.29) is 18.6 Å². The van der Waals surface area contributed by atoms with Gasteiger partial charge in [-0.15, -0.1) is 0 Å². The van der Waals surface area contributed by atoms with Crippen LogP contribution in [-0.2, 0) is 30.9 Å². The van der Waals surface area contributed by atoms with E-state index in [1.807, 2.05) is 4.57 Å². The van der Waals surface area contributed by atoms with Crippen LogP contribution in [0.4, 0.5) is 0 Å². The fourth-order valence-electron chi connectivity index (χ4n) is 2.06. The average Bonchev–Trinajstić information content (AvgIpc) is 2.80. The number of phosphoric acid groups is 2. The van der Waals surface area contributed by atoms with Crippen molar-refractivity contribution < 1.29 is 37.2 Å². The summed E-state index contributed by atoms with van der Waals surface area (Å²) in [6.07, 6.45) is 1.68. The van der Waals surface area contributed by atoms with Gasteiger partial charge >= 0.3 is 7.82 Å². The SMILES string of the molecule is Cc1ncc(C[n+]2csc(CCOP(=O)([O-])OP(=O)(O)O)c2C)c(=O)[nH]1. The van der Waals surface area contributed by atoms with Crippen LogP contribution in [0.1, 0.15) is 22.0 Å². The Bertz CT molecular complexity index is 937. The molecule has 0 saturated heterocycles. The van der Waals surface area contributed by atoms with E-state index in [0.29, 0.717) is 17.9 Å². The summed E-state index contributed by atoms with van der Waals surface area (Å²) in [5, 5.41) is 0. The second-order valence-electron chi connectivity index (χ2n) is 5.29. The van der Waals surface area contributed by atoms with E-state index in [2.05, 4.69) is 18.8 Å². The lowest BCUT2D eigenvalue weighted by atomic mass is 10.3. The number of aromatic amines is 1. The first-order valence-electron chi connectivity index (χ1n) is 7.20. The fraction of sp³-hybridized carbons (Fsp3) is 0.417. The summed E-state index contributed by atoms with van der Waals surface area (Å²) in [5.74, 6) is 0.517. The summed E-state index contributed by atoms with van der Waals surface area (Å²) >= 11 is 1.33. The number of hydrogen-bond donors (Lipinski definition) is 3. The molecule has 0 saturated carbocycles. The number of H-pyrrole nitrogens is 1. The molecule has 0 aliphatic carbocycles. The van der Waals surface area contributed by atoms with Gasteiger partial charge in [0.1, 0.15) is 11.4 Å². The zero-order chi connectivity index (χ0) is 19.5. The van der Waals surface area contributed by atoms with Gasteiger partial charge in [-0.1, -0.05) is 11.3 Å². The standard InChI is InChI=1S/C12H17N3O8P2S/c1-8-11(3-4-22-25(20,21)23-24(17,18)19)26-7-15(8)6-10-5-13-9(2)14-12(10)16/h5,7H,3-4,6H2,1-2H3,(H3-,13,14,16,17,18,19,20,21). The highest BCUT2D eigenvalue weighted by Crippen LogP contribution is 2.54. The van der Waals surface area contributed by atoms with Crippen LogP contribution >= 0.6 is 27.0 Å². The first-order valence-corrected chi connectivity index (χ1v) is 11.1. The minimum atomic E-state index is -5.19. The molecule has 144 valence electrons. The molecule has 2 heterocycles. The lowest BCUT2D eigenvalue weighted by Gasteiger charge is -2.22. The summed E-state index contributed by atoms with van der Waals surface area (Å²) in [5.41, 5.74) is 2.81. The number of aryl methyl sites for hydroxylation is 1. The van der Waals surface area contributed by atoms with E-state index in [0.717, 1.165) is 10.6 Å². The lowest BCUT2D eigenvalue weighted by molar-refractivity contribution is -0.689. The second-order valence-corrected chi connectivity index (χ2v) is 9.01. The van der Waals surface area contributed by atoms with Crippen molar-refractivity contribution in [3.63, 3.8) is 0 Å². The van der Waals surface area contributed by atoms with Gasteiger partial charge < -0.3 is 24.2 Å². The number of thiazole rings is 1. The third kappa shape index (κ3) is 6.19. The van der Waals surface area contributed by atoms with Crippen LogP contribution < -0.4 is 15.0 Å². The number of hydrogen-bond acceptors (Lipinski definition) is 8. The van der Waals surface area contributed by atoms with Crippen molar-refractivity contribution in [3.8, 4) is 0 Å². The fourth-order valence-corrected chi connectivity index (χ4v) is 4.58. The first-order chi connectivity index (χ1) is 12.0. The number of aromatic nitrogens is 3. The molecule has 0 aliphatic heterocycles. The molecule has 2 aromatic rings. The largest absolute Gasteiger partial charge is 0.756 e. The van der Waals surface area contributed by atoms with Crippen molar-refractivity contribution in [2.24, 2.45) is 0 Å². The van der Waals surface area contributed by atoms with Gasteiger partial charge in [0.05, 0.1) is 11.5 Å². The Balaban J connectivity index is 2.00. The minimum Gasteiger partial charge on any atom is -0.756 e. The molecule has 0 bridgehead atoms. The molecule has 0 fully saturated rings. The molecular weight excluding hydrogens is 408 g/mol. The topological polar surface area (TPSA) is 166 Å². The van der Waals surface area contributed by atoms with Crippen LogP contribution in [0.2, 0.25) is 0 Å². The van der Waals surface area contributed by atoms with E-state index in [1.54, 1.807) is 19.4 Å². The second kappa shape index (κ2) is 8.20. The molecule has 26 heavy (non-hydrogen) atoms. The monoisotopic (exact) mass is 425 g/mol. The molecule has 0 radical (unpaired) electrons. The summed E-state index contributed by atoms with van der Waals surface area (Å²) in [6.45, 7) is 3.43. The van der Waals surface area contributed by atoms with Gasteiger partial charge in [-0.05, 0) is 6.92 Å². The van der Waals surface area contributed by atoms with Crippen LogP contribution in [0.15, 0.2) is 16.5 Å². The quantitative estimate of drug-likeness (QED) is 0.387. The number of nitrogens with zero attached hydrogens (tertiary/aromatic N) is 2. The summed E-state index contributed by atoms with van der Waals surface area (Å²) in [6, 6.07) is 0. The molecule has 14 heteroatoms. The van der Waals surface area contributed by atoms with E-state index < -0.39 is 15.6 Å². The molecule has 1 atom stereocenters. The molecule has 0 aliphatic rings. The van der Waals surface area contributed by atoms with Crippen LogP contribution in [0.3, 0.4) is 0 Å². The van der Waals surface area contributed by atoms with Crippen molar-refractivity contribution in [3.05, 3.63) is 44.0 Å².